The molecule has 106 valence electrons. The zero-order chi connectivity index (χ0) is 12.8. The summed E-state index contributed by atoms with van der Waals surface area (Å²) in [7, 11) is 0. The van der Waals surface area contributed by atoms with Gasteiger partial charge in [-0.05, 0) is 32.2 Å². The molecule has 0 radical (unpaired) electrons. The fourth-order valence-corrected chi connectivity index (χ4v) is 3.84. The average molecular weight is 255 g/mol. The molecule has 1 heterocycles. The maximum atomic E-state index is 6.26. The van der Waals surface area contributed by atoms with Gasteiger partial charge in [0.25, 0.3) is 0 Å². The number of rotatable bonds is 6. The number of hydrogen-bond acceptors (Lipinski definition) is 3. The predicted molar refractivity (Wildman–Crippen MR) is 73.8 cm³/mol. The lowest BCUT2D eigenvalue weighted by Crippen LogP contribution is -2.58. The van der Waals surface area contributed by atoms with E-state index < -0.39 is 0 Å². The monoisotopic (exact) mass is 255 g/mol. The van der Waals surface area contributed by atoms with E-state index in [4.69, 9.17) is 9.47 Å². The van der Waals surface area contributed by atoms with Gasteiger partial charge in [0, 0.05) is 38.7 Å². The third-order valence-electron chi connectivity index (χ3n) is 4.63. The van der Waals surface area contributed by atoms with E-state index in [0.29, 0.717) is 6.04 Å². The summed E-state index contributed by atoms with van der Waals surface area (Å²) in [5.41, 5.74) is 0.0258. The first kappa shape index (κ1) is 14.3. The second kappa shape index (κ2) is 6.88. The summed E-state index contributed by atoms with van der Waals surface area (Å²) in [6, 6.07) is 0.522. The molecule has 0 bridgehead atoms. The Morgan fingerprint density at radius 2 is 1.89 bits per heavy atom. The topological polar surface area (TPSA) is 30.5 Å². The molecule has 0 aromatic heterocycles. The Hall–Kier alpha value is -0.120. The zero-order valence-electron chi connectivity index (χ0n) is 12.0. The van der Waals surface area contributed by atoms with Crippen LogP contribution in [0.4, 0.5) is 0 Å². The molecule has 0 aromatic carbocycles. The van der Waals surface area contributed by atoms with E-state index in [-0.39, 0.29) is 5.60 Å². The Kier molecular flexibility index (Phi) is 5.46. The Morgan fingerprint density at radius 1 is 1.22 bits per heavy atom. The molecule has 2 fully saturated rings. The van der Waals surface area contributed by atoms with E-state index in [2.05, 4.69) is 19.2 Å². The quantitative estimate of drug-likeness (QED) is 0.791. The normalized spacial score (nSPS) is 26.3. The largest absolute Gasteiger partial charge is 0.381 e. The highest BCUT2D eigenvalue weighted by Gasteiger charge is 2.44. The summed E-state index contributed by atoms with van der Waals surface area (Å²) < 4.78 is 11.8. The standard InChI is InChI=1S/C15H29NO2/c1-3-16-14(13-7-5-6-8-13)15(18-4-2)9-11-17-12-10-15/h13-14,16H,3-12H2,1-2H3. The molecular weight excluding hydrogens is 226 g/mol. The van der Waals surface area contributed by atoms with E-state index >= 15 is 0 Å². The molecule has 1 aliphatic heterocycles. The van der Waals surface area contributed by atoms with Crippen molar-refractivity contribution >= 4 is 0 Å². The fraction of sp³-hybridized carbons (Fsp3) is 1.00. The zero-order valence-corrected chi connectivity index (χ0v) is 12.0. The minimum atomic E-state index is 0.0258. The number of nitrogens with one attached hydrogen (secondary N) is 1. The van der Waals surface area contributed by atoms with Crippen LogP contribution in [0.2, 0.25) is 0 Å². The Balaban J connectivity index is 2.12. The lowest BCUT2D eigenvalue weighted by molar-refractivity contribution is -0.135. The highest BCUT2D eigenvalue weighted by Crippen LogP contribution is 2.38. The van der Waals surface area contributed by atoms with Crippen LogP contribution in [0.15, 0.2) is 0 Å². The van der Waals surface area contributed by atoms with Crippen molar-refractivity contribution in [3.05, 3.63) is 0 Å². The van der Waals surface area contributed by atoms with Gasteiger partial charge >= 0.3 is 0 Å². The summed E-state index contributed by atoms with van der Waals surface area (Å²) >= 11 is 0. The van der Waals surface area contributed by atoms with Crippen molar-refractivity contribution in [2.24, 2.45) is 5.92 Å². The molecule has 1 saturated carbocycles. The maximum absolute atomic E-state index is 6.26. The van der Waals surface area contributed by atoms with Crippen molar-refractivity contribution < 1.29 is 9.47 Å². The Morgan fingerprint density at radius 3 is 2.44 bits per heavy atom. The van der Waals surface area contributed by atoms with Crippen LogP contribution in [0.5, 0.6) is 0 Å². The molecule has 0 aromatic rings. The third-order valence-corrected chi connectivity index (χ3v) is 4.63. The van der Waals surface area contributed by atoms with Crippen molar-refractivity contribution in [1.82, 2.24) is 5.32 Å². The SMILES string of the molecule is CCNC(C1CCCC1)C1(OCC)CCOCC1. The van der Waals surface area contributed by atoms with Crippen LogP contribution in [-0.2, 0) is 9.47 Å². The molecule has 1 N–H and O–H groups in total. The summed E-state index contributed by atoms with van der Waals surface area (Å²) in [6.07, 6.45) is 7.63. The van der Waals surface area contributed by atoms with Gasteiger partial charge in [-0.3, -0.25) is 0 Å². The van der Waals surface area contributed by atoms with Crippen LogP contribution in [0.1, 0.15) is 52.4 Å². The Labute approximate surface area is 112 Å². The van der Waals surface area contributed by atoms with Gasteiger partial charge in [-0.25, -0.2) is 0 Å². The van der Waals surface area contributed by atoms with Crippen LogP contribution in [0.3, 0.4) is 0 Å². The first-order valence-corrected chi connectivity index (χ1v) is 7.77. The predicted octanol–water partition coefficient (Wildman–Crippen LogP) is 2.74. The van der Waals surface area contributed by atoms with E-state index in [1.54, 1.807) is 0 Å². The van der Waals surface area contributed by atoms with Crippen molar-refractivity contribution in [2.45, 2.75) is 64.0 Å². The van der Waals surface area contributed by atoms with Gasteiger partial charge in [-0.1, -0.05) is 19.8 Å². The molecule has 18 heavy (non-hydrogen) atoms. The lowest BCUT2D eigenvalue weighted by Gasteiger charge is -2.46. The van der Waals surface area contributed by atoms with Crippen LogP contribution < -0.4 is 5.32 Å². The molecule has 3 heteroatoms. The summed E-state index contributed by atoms with van der Waals surface area (Å²) in [5.74, 6) is 0.801. The summed E-state index contributed by atoms with van der Waals surface area (Å²) in [5, 5.41) is 3.74. The minimum absolute atomic E-state index is 0.0258. The van der Waals surface area contributed by atoms with Gasteiger partial charge in [-0.15, -0.1) is 0 Å². The van der Waals surface area contributed by atoms with Crippen LogP contribution in [-0.4, -0.2) is 38.0 Å². The van der Waals surface area contributed by atoms with Crippen LogP contribution in [0.25, 0.3) is 0 Å². The highest BCUT2D eigenvalue weighted by molar-refractivity contribution is 4.99. The van der Waals surface area contributed by atoms with Gasteiger partial charge in [0.05, 0.1) is 5.60 Å². The molecule has 1 saturated heterocycles. The number of ether oxygens (including phenoxy) is 2. The van der Waals surface area contributed by atoms with Crippen molar-refractivity contribution in [3.8, 4) is 0 Å². The first-order valence-electron chi connectivity index (χ1n) is 7.77. The molecule has 0 spiro atoms. The van der Waals surface area contributed by atoms with Crippen molar-refractivity contribution in [3.63, 3.8) is 0 Å². The lowest BCUT2D eigenvalue weighted by atomic mass is 9.78. The molecule has 1 aliphatic carbocycles. The van der Waals surface area contributed by atoms with Crippen molar-refractivity contribution in [2.75, 3.05) is 26.4 Å². The van der Waals surface area contributed by atoms with E-state index in [1.807, 2.05) is 0 Å². The van der Waals surface area contributed by atoms with Crippen molar-refractivity contribution in [1.29, 1.82) is 0 Å². The number of hydrogen-bond donors (Lipinski definition) is 1. The minimum Gasteiger partial charge on any atom is -0.381 e. The first-order chi connectivity index (χ1) is 8.82. The van der Waals surface area contributed by atoms with Gasteiger partial charge in [0.2, 0.25) is 0 Å². The van der Waals surface area contributed by atoms with Gasteiger partial charge < -0.3 is 14.8 Å². The summed E-state index contributed by atoms with van der Waals surface area (Å²) in [6.45, 7) is 7.89. The van der Waals surface area contributed by atoms with Gasteiger partial charge in [0.15, 0.2) is 0 Å². The van der Waals surface area contributed by atoms with Crippen LogP contribution >= 0.6 is 0 Å². The summed E-state index contributed by atoms with van der Waals surface area (Å²) in [4.78, 5) is 0. The second-order valence-corrected chi connectivity index (χ2v) is 5.69. The smallest absolute Gasteiger partial charge is 0.0881 e. The maximum Gasteiger partial charge on any atom is 0.0881 e. The fourth-order valence-electron chi connectivity index (χ4n) is 3.84. The molecule has 1 unspecified atom stereocenters. The van der Waals surface area contributed by atoms with E-state index in [9.17, 15) is 0 Å². The third kappa shape index (κ3) is 3.06. The molecular formula is C15H29NO2. The van der Waals surface area contributed by atoms with Gasteiger partial charge in [0.1, 0.15) is 0 Å². The molecule has 1 atom stereocenters. The van der Waals surface area contributed by atoms with Gasteiger partial charge in [-0.2, -0.15) is 0 Å². The Bertz CT molecular complexity index is 227. The van der Waals surface area contributed by atoms with E-state index in [0.717, 1.165) is 45.1 Å². The van der Waals surface area contributed by atoms with E-state index in [1.165, 1.54) is 25.7 Å². The number of likely N-dealkylation sites (N-methyl/N-ethyl adjacent to an activating group) is 1. The molecule has 2 aliphatic rings. The molecule has 3 nitrogen and oxygen atoms in total. The highest BCUT2D eigenvalue weighted by atomic mass is 16.5. The van der Waals surface area contributed by atoms with Crippen LogP contribution in [0, 0.1) is 5.92 Å². The molecule has 2 rings (SSSR count). The average Bonchev–Trinajstić information content (AvgIpc) is 2.91. The molecule has 0 amide bonds. The second-order valence-electron chi connectivity index (χ2n) is 5.69.